The fourth-order valence-corrected chi connectivity index (χ4v) is 13.2. The van der Waals surface area contributed by atoms with Crippen LogP contribution in [0.25, 0.3) is 10.9 Å². The Morgan fingerprint density at radius 1 is 0.964 bits per heavy atom. The van der Waals surface area contributed by atoms with E-state index in [4.69, 9.17) is 14.2 Å². The molecule has 1 saturated carbocycles. The Kier molecular flexibility index (Phi) is 8.59. The summed E-state index contributed by atoms with van der Waals surface area (Å²) >= 11 is 0. The maximum Gasteiger partial charge on any atom is 0.342 e. The number of aliphatic hydroxyl groups excluding tert-OH is 1. The summed E-state index contributed by atoms with van der Waals surface area (Å²) in [6.07, 6.45) is 5.82. The number of esters is 2. The molecule has 9 rings (SSSR count). The molecule has 12 heteroatoms. The predicted octanol–water partition coefficient (Wildman–Crippen LogP) is 3.42. The van der Waals surface area contributed by atoms with Gasteiger partial charge in [0.2, 0.25) is 5.60 Å². The van der Waals surface area contributed by atoms with Gasteiger partial charge in [-0.05, 0) is 74.2 Å². The number of hydrogen-bond donors (Lipinski definition) is 4. The third kappa shape index (κ3) is 4.59. The molecule has 1 unspecified atom stereocenters. The standard InChI is InChI=1S/C44H56N4O8/c1-7-40(52)22-26-23-43(38(50)55-5,34-28(14-18-47(24-26)25-40)27-12-9-10-13-31(27)45-34)30-20-29-32(21-33(30)54-4)46(3)36-42(29)16-19-48-17-11-15-41(8-2,35(42)48)37(49)44(36,53)39(51)56-6/h9-13,15,20-21,26,35-37,45,49,52-53H,7-8,14,16-19,22-25H2,1-6H3/t26-,35-,36+,37+,40+,41+,42+,43-,44-/m0/s1. The first kappa shape index (κ1) is 37.6. The molecule has 2 saturated heterocycles. The van der Waals surface area contributed by atoms with E-state index in [2.05, 4.69) is 26.9 Å². The number of carbonyl (C=O) groups is 2. The number of para-hydroxylation sites is 1. The van der Waals surface area contributed by atoms with Crippen molar-refractivity contribution in [3.05, 3.63) is 70.9 Å². The molecule has 12 nitrogen and oxygen atoms in total. The molecule has 6 heterocycles. The van der Waals surface area contributed by atoms with Crippen LogP contribution in [-0.4, -0.2) is 133 Å². The second-order valence-corrected chi connectivity index (χ2v) is 17.6. The van der Waals surface area contributed by atoms with Gasteiger partial charge >= 0.3 is 11.9 Å². The van der Waals surface area contributed by atoms with Crippen LogP contribution in [0.15, 0.2) is 48.6 Å². The molecule has 0 amide bonds. The Balaban J connectivity index is 1.36. The van der Waals surface area contributed by atoms with Gasteiger partial charge in [0.15, 0.2) is 0 Å². The number of nitrogens with zero attached hydrogens (tertiary/aromatic N) is 3. The van der Waals surface area contributed by atoms with E-state index < -0.39 is 51.5 Å². The number of methoxy groups -OCH3 is 3. The zero-order valence-corrected chi connectivity index (χ0v) is 33.4. The summed E-state index contributed by atoms with van der Waals surface area (Å²) in [6.45, 7) is 7.41. The normalized spacial score (nSPS) is 38.4. The number of aliphatic hydroxyl groups is 3. The van der Waals surface area contributed by atoms with Gasteiger partial charge in [-0.2, -0.15) is 0 Å². The number of ether oxygens (including phenoxy) is 3. The van der Waals surface area contributed by atoms with Gasteiger partial charge in [-0.1, -0.05) is 44.2 Å². The second-order valence-electron chi connectivity index (χ2n) is 17.6. The van der Waals surface area contributed by atoms with E-state index in [1.807, 2.05) is 62.2 Å². The summed E-state index contributed by atoms with van der Waals surface area (Å²) < 4.78 is 17.6. The number of anilines is 1. The van der Waals surface area contributed by atoms with Crippen molar-refractivity contribution < 1.29 is 39.1 Å². The highest BCUT2D eigenvalue weighted by Crippen LogP contribution is 2.67. The van der Waals surface area contributed by atoms with Crippen molar-refractivity contribution in [1.82, 2.24) is 14.8 Å². The molecule has 0 radical (unpaired) electrons. The molecular weight excluding hydrogens is 713 g/mol. The van der Waals surface area contributed by atoms with Crippen LogP contribution >= 0.6 is 0 Å². The van der Waals surface area contributed by atoms with Gasteiger partial charge in [0, 0.05) is 84.0 Å². The highest BCUT2D eigenvalue weighted by molar-refractivity contribution is 5.95. The van der Waals surface area contributed by atoms with Crippen molar-refractivity contribution in [1.29, 1.82) is 0 Å². The molecule has 1 aromatic heterocycles. The number of likely N-dealkylation sites (N-methyl/N-ethyl adjacent to an activating group) is 1. The van der Waals surface area contributed by atoms with Crippen LogP contribution in [0.1, 0.15) is 68.3 Å². The van der Waals surface area contributed by atoms with Crippen LogP contribution in [0, 0.1) is 11.3 Å². The molecular formula is C44H56N4O8. The monoisotopic (exact) mass is 768 g/mol. The Labute approximate surface area is 328 Å². The first-order valence-corrected chi connectivity index (χ1v) is 20.3. The molecule has 3 aromatic rings. The number of carbonyl (C=O) groups excluding carboxylic acids is 2. The van der Waals surface area contributed by atoms with E-state index in [0.717, 1.165) is 46.5 Å². The van der Waals surface area contributed by atoms with E-state index in [1.54, 1.807) is 7.11 Å². The fraction of sp³-hybridized carbons (Fsp3) is 0.591. The Morgan fingerprint density at radius 2 is 1.73 bits per heavy atom. The van der Waals surface area contributed by atoms with E-state index in [1.165, 1.54) is 14.2 Å². The number of nitrogens with one attached hydrogen (secondary N) is 1. The summed E-state index contributed by atoms with van der Waals surface area (Å²) in [5.41, 5.74) is -1.43. The lowest BCUT2D eigenvalue weighted by atomic mass is 9.47. The third-order valence-electron chi connectivity index (χ3n) is 15.4. The smallest absolute Gasteiger partial charge is 0.342 e. The van der Waals surface area contributed by atoms with Gasteiger partial charge in [0.1, 0.15) is 17.3 Å². The van der Waals surface area contributed by atoms with E-state index >= 15 is 4.79 Å². The first-order chi connectivity index (χ1) is 26.8. The number of aromatic amines is 1. The zero-order valence-electron chi connectivity index (χ0n) is 33.4. The highest BCUT2D eigenvalue weighted by atomic mass is 16.5. The minimum absolute atomic E-state index is 0.0795. The summed E-state index contributed by atoms with van der Waals surface area (Å²) in [6, 6.07) is 11.1. The number of H-pyrrole nitrogens is 1. The first-order valence-electron chi connectivity index (χ1n) is 20.3. The molecule has 6 aliphatic rings. The number of aromatic nitrogens is 1. The summed E-state index contributed by atoms with van der Waals surface area (Å²) in [7, 11) is 6.17. The molecule has 1 aliphatic carbocycles. The topological polar surface area (TPSA) is 148 Å². The van der Waals surface area contributed by atoms with Gasteiger partial charge in [0.25, 0.3) is 0 Å². The molecule has 2 bridgehead atoms. The van der Waals surface area contributed by atoms with Crippen LogP contribution in [0.3, 0.4) is 0 Å². The SMILES string of the molecule is CC[C@@]1(O)C[C@@H]2CN(CCc3c([nH]c4ccccc34)[C@@](C(=O)OC)(c3cc4c(cc3OC)N(C)[C@H]3[C@@](O)(C(=O)OC)[C@H](O)[C@]5(CC)C=CCN6CC[C@]43[C@@H]65)C2)C1. The van der Waals surface area contributed by atoms with Crippen molar-refractivity contribution in [3.63, 3.8) is 0 Å². The molecule has 3 fully saturated rings. The van der Waals surface area contributed by atoms with Crippen molar-refractivity contribution in [2.24, 2.45) is 11.3 Å². The quantitative estimate of drug-likeness (QED) is 0.216. The maximum absolute atomic E-state index is 15.2. The third-order valence-corrected chi connectivity index (χ3v) is 15.4. The number of rotatable bonds is 6. The van der Waals surface area contributed by atoms with Crippen LogP contribution in [0.2, 0.25) is 0 Å². The zero-order chi connectivity index (χ0) is 39.6. The molecule has 56 heavy (non-hydrogen) atoms. The molecule has 1 spiro atoms. The average molecular weight is 769 g/mol. The number of benzene rings is 2. The van der Waals surface area contributed by atoms with Gasteiger partial charge < -0.3 is 39.4 Å². The van der Waals surface area contributed by atoms with E-state index in [-0.39, 0.29) is 12.0 Å². The van der Waals surface area contributed by atoms with Gasteiger partial charge in [-0.15, -0.1) is 0 Å². The predicted molar refractivity (Wildman–Crippen MR) is 211 cm³/mol. The number of piperidine rings is 1. The molecule has 10 atom stereocenters. The summed E-state index contributed by atoms with van der Waals surface area (Å²) in [4.78, 5) is 39.7. The van der Waals surface area contributed by atoms with Crippen LogP contribution < -0.4 is 9.64 Å². The van der Waals surface area contributed by atoms with Crippen molar-refractivity contribution in [2.75, 3.05) is 66.0 Å². The molecule has 5 aliphatic heterocycles. The number of fused-ring (bicyclic) bond motifs is 6. The van der Waals surface area contributed by atoms with Gasteiger partial charge in [-0.25, -0.2) is 4.79 Å². The lowest BCUT2D eigenvalue weighted by Gasteiger charge is -2.63. The van der Waals surface area contributed by atoms with Crippen molar-refractivity contribution in [2.45, 2.75) is 92.6 Å². The Morgan fingerprint density at radius 3 is 2.45 bits per heavy atom. The van der Waals surface area contributed by atoms with Crippen LogP contribution in [0.5, 0.6) is 5.75 Å². The Bertz CT molecular complexity index is 2140. The molecule has 300 valence electrons. The average Bonchev–Trinajstić information content (AvgIpc) is 3.87. The van der Waals surface area contributed by atoms with Crippen molar-refractivity contribution in [3.8, 4) is 5.75 Å². The summed E-state index contributed by atoms with van der Waals surface area (Å²) in [5, 5.41) is 38.3. The van der Waals surface area contributed by atoms with Gasteiger partial charge in [0.05, 0.1) is 33.0 Å². The lowest BCUT2D eigenvalue weighted by Crippen LogP contribution is -2.80. The highest BCUT2D eigenvalue weighted by Gasteiger charge is 2.79. The van der Waals surface area contributed by atoms with Crippen LogP contribution in [-0.2, 0) is 36.3 Å². The van der Waals surface area contributed by atoms with Gasteiger partial charge in [-0.3, -0.25) is 14.6 Å². The largest absolute Gasteiger partial charge is 0.496 e. The molecule has 4 N–H and O–H groups in total. The summed E-state index contributed by atoms with van der Waals surface area (Å²) in [5.74, 6) is -0.908. The second kappa shape index (κ2) is 12.8. The van der Waals surface area contributed by atoms with E-state index in [0.29, 0.717) is 69.5 Å². The Hall–Kier alpha value is -3.94. The number of hydrogen-bond acceptors (Lipinski definition) is 11. The van der Waals surface area contributed by atoms with Crippen molar-refractivity contribution >= 4 is 28.5 Å². The fourth-order valence-electron chi connectivity index (χ4n) is 13.2. The lowest BCUT2D eigenvalue weighted by molar-refractivity contribution is -0.218. The molecule has 2 aromatic carbocycles. The van der Waals surface area contributed by atoms with E-state index in [9.17, 15) is 20.1 Å². The maximum atomic E-state index is 15.2. The van der Waals surface area contributed by atoms with Crippen LogP contribution in [0.4, 0.5) is 5.69 Å². The minimum atomic E-state index is -2.29. The minimum Gasteiger partial charge on any atom is -0.496 e.